The first kappa shape index (κ1) is 25.6. The van der Waals surface area contributed by atoms with Crippen LogP contribution < -0.4 is 0 Å². The van der Waals surface area contributed by atoms with Gasteiger partial charge in [0.15, 0.2) is 5.82 Å². The van der Waals surface area contributed by atoms with Crippen molar-refractivity contribution >= 4 is 21.5 Å². The SMILES string of the molecule is c1ccc(-c2cc(-c3ccccc3)nc(-c3cncc4c3-c3cc(-c5ccc6c(ccc7ccccc76)c5)ccc3C4)n2)cc1. The van der Waals surface area contributed by atoms with Gasteiger partial charge in [-0.3, -0.25) is 4.98 Å². The van der Waals surface area contributed by atoms with Crippen molar-refractivity contribution in [1.82, 2.24) is 15.0 Å². The smallest absolute Gasteiger partial charge is 0.162 e. The van der Waals surface area contributed by atoms with Crippen molar-refractivity contribution in [3.63, 3.8) is 0 Å². The van der Waals surface area contributed by atoms with Gasteiger partial charge in [-0.1, -0.05) is 121 Å². The Bertz CT molecular complexity index is 2340. The molecule has 0 unspecified atom stereocenters. The molecule has 9 rings (SSSR count). The third kappa shape index (κ3) is 4.40. The highest BCUT2D eigenvalue weighted by Crippen LogP contribution is 2.44. The summed E-state index contributed by atoms with van der Waals surface area (Å²) in [4.78, 5) is 15.0. The number of hydrogen-bond acceptors (Lipinski definition) is 3. The zero-order valence-corrected chi connectivity index (χ0v) is 24.5. The Morgan fingerprint density at radius 1 is 0.422 bits per heavy atom. The Morgan fingerprint density at radius 3 is 1.84 bits per heavy atom. The van der Waals surface area contributed by atoms with E-state index in [-0.39, 0.29) is 0 Å². The predicted octanol–water partition coefficient (Wildman–Crippen LogP) is 10.4. The Hall–Kier alpha value is -5.93. The molecule has 1 aliphatic carbocycles. The van der Waals surface area contributed by atoms with E-state index in [9.17, 15) is 0 Å². The molecule has 0 N–H and O–H groups in total. The van der Waals surface area contributed by atoms with Crippen LogP contribution in [0, 0.1) is 0 Å². The maximum atomic E-state index is 5.14. The van der Waals surface area contributed by atoms with E-state index in [1.54, 1.807) is 0 Å². The molecule has 0 bridgehead atoms. The molecule has 0 fully saturated rings. The van der Waals surface area contributed by atoms with E-state index < -0.39 is 0 Å². The summed E-state index contributed by atoms with van der Waals surface area (Å²) in [5.41, 5.74) is 12.2. The van der Waals surface area contributed by atoms with E-state index in [0.717, 1.165) is 34.5 Å². The summed E-state index contributed by atoms with van der Waals surface area (Å²) in [6.45, 7) is 0. The van der Waals surface area contributed by atoms with Crippen LogP contribution in [-0.4, -0.2) is 15.0 Å². The van der Waals surface area contributed by atoms with Crippen molar-refractivity contribution in [2.75, 3.05) is 0 Å². The minimum absolute atomic E-state index is 0.690. The Labute approximate surface area is 261 Å². The zero-order chi connectivity index (χ0) is 29.7. The number of benzene rings is 6. The van der Waals surface area contributed by atoms with Gasteiger partial charge in [-0.25, -0.2) is 9.97 Å². The first-order chi connectivity index (χ1) is 22.3. The molecule has 1 aliphatic rings. The highest BCUT2D eigenvalue weighted by molar-refractivity contribution is 6.08. The van der Waals surface area contributed by atoms with Crippen LogP contribution in [0.4, 0.5) is 0 Å². The van der Waals surface area contributed by atoms with Crippen LogP contribution in [0.1, 0.15) is 11.1 Å². The average molecular weight is 574 g/mol. The maximum Gasteiger partial charge on any atom is 0.162 e. The fourth-order valence-corrected chi connectivity index (χ4v) is 6.75. The van der Waals surface area contributed by atoms with Crippen molar-refractivity contribution in [2.24, 2.45) is 0 Å². The molecule has 210 valence electrons. The Morgan fingerprint density at radius 2 is 1.07 bits per heavy atom. The van der Waals surface area contributed by atoms with Gasteiger partial charge in [0.2, 0.25) is 0 Å². The number of nitrogens with zero attached hydrogens (tertiary/aromatic N) is 3. The van der Waals surface area contributed by atoms with Crippen LogP contribution in [-0.2, 0) is 6.42 Å². The summed E-state index contributed by atoms with van der Waals surface area (Å²) in [5, 5.41) is 5.08. The van der Waals surface area contributed by atoms with Crippen LogP contribution in [0.25, 0.3) is 77.7 Å². The molecule has 0 amide bonds. The van der Waals surface area contributed by atoms with Crippen molar-refractivity contribution < 1.29 is 0 Å². The van der Waals surface area contributed by atoms with Crippen molar-refractivity contribution in [2.45, 2.75) is 6.42 Å². The van der Waals surface area contributed by atoms with E-state index in [1.165, 1.54) is 54.9 Å². The average Bonchev–Trinajstić information content (AvgIpc) is 3.50. The number of fused-ring (bicyclic) bond motifs is 6. The lowest BCUT2D eigenvalue weighted by atomic mass is 9.94. The van der Waals surface area contributed by atoms with Gasteiger partial charge in [0.05, 0.1) is 11.4 Å². The normalized spacial score (nSPS) is 11.9. The summed E-state index contributed by atoms with van der Waals surface area (Å²) in [6.07, 6.45) is 4.78. The monoisotopic (exact) mass is 573 g/mol. The van der Waals surface area contributed by atoms with E-state index in [4.69, 9.17) is 9.97 Å². The van der Waals surface area contributed by atoms with Crippen molar-refractivity contribution in [3.8, 4) is 56.2 Å². The third-order valence-corrected chi connectivity index (χ3v) is 8.97. The van der Waals surface area contributed by atoms with E-state index >= 15 is 0 Å². The van der Waals surface area contributed by atoms with Gasteiger partial charge in [0, 0.05) is 35.5 Å². The lowest BCUT2D eigenvalue weighted by molar-refractivity contribution is 1.16. The van der Waals surface area contributed by atoms with Crippen LogP contribution >= 0.6 is 0 Å². The van der Waals surface area contributed by atoms with Gasteiger partial charge in [-0.05, 0) is 73.1 Å². The van der Waals surface area contributed by atoms with Crippen LogP contribution in [0.2, 0.25) is 0 Å². The Kier molecular flexibility index (Phi) is 5.88. The molecule has 0 aliphatic heterocycles. The molecule has 0 spiro atoms. The molecular weight excluding hydrogens is 546 g/mol. The van der Waals surface area contributed by atoms with Gasteiger partial charge in [0.25, 0.3) is 0 Å². The van der Waals surface area contributed by atoms with E-state index in [0.29, 0.717) is 5.82 Å². The van der Waals surface area contributed by atoms with Gasteiger partial charge >= 0.3 is 0 Å². The standard InChI is InChI=1S/C42H27N3/c1-3-10-28(11-4-1)39-24-40(29-12-5-2-6-13-29)45-42(44-39)38-26-43-25-34-22-33-18-16-31(23-37(33)41(34)38)30-19-20-36-32(21-30)17-15-27-9-7-8-14-35(27)36/h1-21,23-26H,22H2. The molecule has 0 atom stereocenters. The molecule has 45 heavy (non-hydrogen) atoms. The molecule has 6 aromatic carbocycles. The molecule has 0 saturated carbocycles. The maximum absolute atomic E-state index is 5.14. The van der Waals surface area contributed by atoms with Gasteiger partial charge < -0.3 is 0 Å². The topological polar surface area (TPSA) is 38.7 Å². The summed E-state index contributed by atoms with van der Waals surface area (Å²) in [7, 11) is 0. The summed E-state index contributed by atoms with van der Waals surface area (Å²) in [6, 6.07) is 49.5. The Balaban J connectivity index is 1.19. The van der Waals surface area contributed by atoms with E-state index in [1.807, 2.05) is 48.8 Å². The zero-order valence-electron chi connectivity index (χ0n) is 24.5. The summed E-state index contributed by atoms with van der Waals surface area (Å²) >= 11 is 0. The quantitative estimate of drug-likeness (QED) is 0.197. The highest BCUT2D eigenvalue weighted by Gasteiger charge is 2.25. The second-order valence-corrected chi connectivity index (χ2v) is 11.7. The fourth-order valence-electron chi connectivity index (χ4n) is 6.75. The van der Waals surface area contributed by atoms with Gasteiger partial charge in [-0.15, -0.1) is 0 Å². The molecule has 8 aromatic rings. The van der Waals surface area contributed by atoms with Crippen LogP contribution in [0.3, 0.4) is 0 Å². The van der Waals surface area contributed by atoms with Crippen molar-refractivity contribution in [3.05, 3.63) is 163 Å². The molecule has 2 heterocycles. The highest BCUT2D eigenvalue weighted by atomic mass is 14.9. The summed E-state index contributed by atoms with van der Waals surface area (Å²) < 4.78 is 0. The molecule has 3 heteroatoms. The first-order valence-electron chi connectivity index (χ1n) is 15.3. The third-order valence-electron chi connectivity index (χ3n) is 8.97. The molecule has 0 radical (unpaired) electrons. The van der Waals surface area contributed by atoms with E-state index in [2.05, 4.69) is 108 Å². The number of aromatic nitrogens is 3. The first-order valence-corrected chi connectivity index (χ1v) is 15.3. The largest absolute Gasteiger partial charge is 0.264 e. The summed E-state index contributed by atoms with van der Waals surface area (Å²) in [5.74, 6) is 0.690. The number of rotatable bonds is 4. The van der Waals surface area contributed by atoms with Crippen LogP contribution in [0.5, 0.6) is 0 Å². The fraction of sp³-hybridized carbons (Fsp3) is 0.0238. The van der Waals surface area contributed by atoms with Gasteiger partial charge in [0.1, 0.15) is 0 Å². The second-order valence-electron chi connectivity index (χ2n) is 11.7. The number of pyridine rings is 1. The molecule has 3 nitrogen and oxygen atoms in total. The second kappa shape index (κ2) is 10.4. The van der Waals surface area contributed by atoms with Crippen LogP contribution in [0.15, 0.2) is 152 Å². The van der Waals surface area contributed by atoms with Gasteiger partial charge in [-0.2, -0.15) is 0 Å². The lowest BCUT2D eigenvalue weighted by Gasteiger charge is -2.13. The number of hydrogen-bond donors (Lipinski definition) is 0. The molecule has 0 saturated heterocycles. The van der Waals surface area contributed by atoms with Crippen molar-refractivity contribution in [1.29, 1.82) is 0 Å². The molecule has 2 aromatic heterocycles. The lowest BCUT2D eigenvalue weighted by Crippen LogP contribution is -1.98. The minimum atomic E-state index is 0.690. The minimum Gasteiger partial charge on any atom is -0.264 e. The molecular formula is C42H27N3. The predicted molar refractivity (Wildman–Crippen MR) is 185 cm³/mol.